The van der Waals surface area contributed by atoms with E-state index in [0.29, 0.717) is 30.8 Å². The van der Waals surface area contributed by atoms with E-state index in [2.05, 4.69) is 10.6 Å². The van der Waals surface area contributed by atoms with Gasteiger partial charge < -0.3 is 16.4 Å². The second-order valence-corrected chi connectivity index (χ2v) is 4.59. The molecule has 2 amide bonds. The predicted molar refractivity (Wildman–Crippen MR) is 86.9 cm³/mol. The Morgan fingerprint density at radius 1 is 1.05 bits per heavy atom. The molecule has 1 aromatic carbocycles. The van der Waals surface area contributed by atoms with Gasteiger partial charge in [0.25, 0.3) is 11.8 Å². The van der Waals surface area contributed by atoms with Gasteiger partial charge in [0.05, 0.1) is 0 Å². The first-order chi connectivity index (χ1) is 9.69. The highest BCUT2D eigenvalue weighted by Crippen LogP contribution is 2.05. The number of benzene rings is 1. The summed E-state index contributed by atoms with van der Waals surface area (Å²) in [7, 11) is 0. The van der Waals surface area contributed by atoms with Gasteiger partial charge in [-0.3, -0.25) is 9.59 Å². The fraction of sp³-hybridized carbons (Fsp3) is 0.467. The van der Waals surface area contributed by atoms with Gasteiger partial charge in [0.15, 0.2) is 0 Å². The fourth-order valence-electron chi connectivity index (χ4n) is 1.72. The summed E-state index contributed by atoms with van der Waals surface area (Å²) in [5, 5.41) is 5.61. The molecular formula is C15H24ClN3O2. The van der Waals surface area contributed by atoms with E-state index in [4.69, 9.17) is 5.73 Å². The van der Waals surface area contributed by atoms with Gasteiger partial charge in [-0.05, 0) is 44.0 Å². The molecule has 0 saturated heterocycles. The molecule has 5 nitrogen and oxygen atoms in total. The Hall–Kier alpha value is -1.59. The van der Waals surface area contributed by atoms with Crippen molar-refractivity contribution in [3.05, 3.63) is 35.4 Å². The Kier molecular flexibility index (Phi) is 10.3. The van der Waals surface area contributed by atoms with Gasteiger partial charge in [-0.15, -0.1) is 12.4 Å². The third kappa shape index (κ3) is 7.11. The number of nitrogens with two attached hydrogens (primary N) is 1. The number of nitrogens with one attached hydrogen (secondary N) is 2. The van der Waals surface area contributed by atoms with Gasteiger partial charge >= 0.3 is 0 Å². The first-order valence-electron chi connectivity index (χ1n) is 7.05. The van der Waals surface area contributed by atoms with Gasteiger partial charge in [0.2, 0.25) is 0 Å². The Balaban J connectivity index is 0.00000400. The normalized spacial score (nSPS) is 9.62. The molecule has 4 N–H and O–H groups in total. The van der Waals surface area contributed by atoms with E-state index in [1.807, 2.05) is 6.92 Å². The van der Waals surface area contributed by atoms with Crippen molar-refractivity contribution in [2.24, 2.45) is 5.73 Å². The van der Waals surface area contributed by atoms with Gasteiger partial charge in [-0.25, -0.2) is 0 Å². The average molecular weight is 314 g/mol. The molecule has 0 atom stereocenters. The van der Waals surface area contributed by atoms with Crippen LogP contribution < -0.4 is 16.4 Å². The van der Waals surface area contributed by atoms with Gasteiger partial charge in [-0.2, -0.15) is 0 Å². The van der Waals surface area contributed by atoms with Gasteiger partial charge in [-0.1, -0.05) is 13.0 Å². The van der Waals surface area contributed by atoms with Crippen LogP contribution in [0.3, 0.4) is 0 Å². The quantitative estimate of drug-likeness (QED) is 0.639. The zero-order valence-electron chi connectivity index (χ0n) is 12.4. The molecule has 0 aliphatic rings. The average Bonchev–Trinajstić information content (AvgIpc) is 2.49. The summed E-state index contributed by atoms with van der Waals surface area (Å²) in [5.41, 5.74) is 6.40. The van der Waals surface area contributed by atoms with Gasteiger partial charge in [0.1, 0.15) is 0 Å². The molecule has 0 unspecified atom stereocenters. The second-order valence-electron chi connectivity index (χ2n) is 4.59. The standard InChI is InChI=1S/C15H23N3O2.ClH/c1-2-9-17-14(19)12-6-5-7-13(11-12)15(20)18-10-4-3-8-16;/h5-7,11H,2-4,8-10,16H2,1H3,(H,17,19)(H,18,20);1H. The summed E-state index contributed by atoms with van der Waals surface area (Å²) in [6.07, 6.45) is 2.63. The van der Waals surface area contributed by atoms with Crippen LogP contribution in [0.2, 0.25) is 0 Å². The lowest BCUT2D eigenvalue weighted by Gasteiger charge is -2.07. The number of carbonyl (C=O) groups excluding carboxylic acids is 2. The maximum Gasteiger partial charge on any atom is 0.251 e. The molecule has 0 saturated carbocycles. The number of amides is 2. The molecule has 6 heteroatoms. The number of halogens is 1. The molecule has 1 aromatic rings. The Morgan fingerprint density at radius 3 is 2.14 bits per heavy atom. The predicted octanol–water partition coefficient (Wildman–Crippen LogP) is 1.72. The fourth-order valence-corrected chi connectivity index (χ4v) is 1.72. The molecule has 0 aliphatic heterocycles. The maximum atomic E-state index is 11.9. The van der Waals surface area contributed by atoms with Crippen molar-refractivity contribution >= 4 is 24.2 Å². The molecule has 0 aliphatic carbocycles. The van der Waals surface area contributed by atoms with E-state index in [9.17, 15) is 9.59 Å². The van der Waals surface area contributed by atoms with E-state index in [0.717, 1.165) is 19.3 Å². The van der Waals surface area contributed by atoms with Crippen LogP contribution in [0.15, 0.2) is 24.3 Å². The van der Waals surface area contributed by atoms with Crippen LogP contribution in [-0.4, -0.2) is 31.4 Å². The van der Waals surface area contributed by atoms with E-state index in [1.54, 1.807) is 24.3 Å². The van der Waals surface area contributed by atoms with E-state index in [-0.39, 0.29) is 24.2 Å². The summed E-state index contributed by atoms with van der Waals surface area (Å²) in [6.45, 7) is 3.85. The summed E-state index contributed by atoms with van der Waals surface area (Å²) in [4.78, 5) is 23.7. The van der Waals surface area contributed by atoms with E-state index >= 15 is 0 Å². The van der Waals surface area contributed by atoms with Crippen molar-refractivity contribution in [1.82, 2.24) is 10.6 Å². The minimum atomic E-state index is -0.160. The third-order valence-electron chi connectivity index (χ3n) is 2.84. The molecule has 0 spiro atoms. The summed E-state index contributed by atoms with van der Waals surface area (Å²) >= 11 is 0. The van der Waals surface area contributed by atoms with Crippen molar-refractivity contribution < 1.29 is 9.59 Å². The Morgan fingerprint density at radius 2 is 1.62 bits per heavy atom. The molecule has 0 heterocycles. The minimum absolute atomic E-state index is 0. The summed E-state index contributed by atoms with van der Waals surface area (Å²) < 4.78 is 0. The number of unbranched alkanes of at least 4 members (excludes halogenated alkanes) is 1. The van der Waals surface area contributed by atoms with Gasteiger partial charge in [0, 0.05) is 24.2 Å². The van der Waals surface area contributed by atoms with Crippen LogP contribution in [0.5, 0.6) is 0 Å². The Bertz CT molecular complexity index is 452. The lowest BCUT2D eigenvalue weighted by Crippen LogP contribution is -2.26. The largest absolute Gasteiger partial charge is 0.352 e. The van der Waals surface area contributed by atoms with Crippen LogP contribution in [-0.2, 0) is 0 Å². The molecule has 0 fully saturated rings. The highest BCUT2D eigenvalue weighted by atomic mass is 35.5. The van der Waals surface area contributed by atoms with Crippen LogP contribution in [0.1, 0.15) is 46.9 Å². The minimum Gasteiger partial charge on any atom is -0.352 e. The van der Waals surface area contributed by atoms with Crippen LogP contribution in [0.25, 0.3) is 0 Å². The maximum absolute atomic E-state index is 11.9. The topological polar surface area (TPSA) is 84.2 Å². The third-order valence-corrected chi connectivity index (χ3v) is 2.84. The highest BCUT2D eigenvalue weighted by molar-refractivity contribution is 5.99. The molecule has 1 rings (SSSR count). The molecule has 0 aromatic heterocycles. The van der Waals surface area contributed by atoms with Crippen molar-refractivity contribution in [2.75, 3.05) is 19.6 Å². The smallest absolute Gasteiger partial charge is 0.251 e. The number of hydrogen-bond donors (Lipinski definition) is 3. The van der Waals surface area contributed by atoms with E-state index < -0.39 is 0 Å². The summed E-state index contributed by atoms with van der Waals surface area (Å²) in [5.74, 6) is -0.309. The molecule has 21 heavy (non-hydrogen) atoms. The zero-order valence-corrected chi connectivity index (χ0v) is 13.2. The lowest BCUT2D eigenvalue weighted by atomic mass is 10.1. The van der Waals surface area contributed by atoms with Crippen LogP contribution in [0, 0.1) is 0 Å². The second kappa shape index (κ2) is 11.1. The number of hydrogen-bond acceptors (Lipinski definition) is 3. The molecule has 0 radical (unpaired) electrons. The van der Waals surface area contributed by atoms with Crippen molar-refractivity contribution in [2.45, 2.75) is 26.2 Å². The molecular weight excluding hydrogens is 290 g/mol. The van der Waals surface area contributed by atoms with E-state index in [1.165, 1.54) is 0 Å². The van der Waals surface area contributed by atoms with Crippen molar-refractivity contribution in [1.29, 1.82) is 0 Å². The van der Waals surface area contributed by atoms with Crippen LogP contribution >= 0.6 is 12.4 Å². The molecule has 118 valence electrons. The van der Waals surface area contributed by atoms with Crippen LogP contribution in [0.4, 0.5) is 0 Å². The monoisotopic (exact) mass is 313 g/mol. The first-order valence-corrected chi connectivity index (χ1v) is 7.05. The van der Waals surface area contributed by atoms with Crippen molar-refractivity contribution in [3.8, 4) is 0 Å². The highest BCUT2D eigenvalue weighted by Gasteiger charge is 2.09. The number of rotatable bonds is 8. The number of carbonyl (C=O) groups is 2. The first kappa shape index (κ1) is 19.4. The SMILES string of the molecule is CCCNC(=O)c1cccc(C(=O)NCCCCN)c1.Cl. The molecule has 0 bridgehead atoms. The lowest BCUT2D eigenvalue weighted by molar-refractivity contribution is 0.0952. The summed E-state index contributed by atoms with van der Waals surface area (Å²) in [6, 6.07) is 6.74. The van der Waals surface area contributed by atoms with Crippen molar-refractivity contribution in [3.63, 3.8) is 0 Å². The zero-order chi connectivity index (χ0) is 14.8. The Labute approximate surface area is 132 Å².